The molecule has 0 spiro atoms. The van der Waals surface area contributed by atoms with Gasteiger partial charge in [-0.3, -0.25) is 4.79 Å². The molecule has 2 heterocycles. The number of hydrogen-bond donors (Lipinski definition) is 6. The Balaban J connectivity index is 0.000000603. The molecule has 0 saturated carbocycles. The fourth-order valence-corrected chi connectivity index (χ4v) is 2.73. The molecule has 1 amide bonds. The number of aromatic amines is 1. The van der Waals surface area contributed by atoms with E-state index in [0.29, 0.717) is 11.1 Å². The lowest BCUT2D eigenvalue weighted by Gasteiger charge is -2.32. The molecule has 1 aromatic carbocycles. The number of hydrogen-bond acceptors (Lipinski definition) is 6. The second-order valence-electron chi connectivity index (χ2n) is 7.87. The molecule has 0 unspecified atom stereocenters. The first-order valence-electron chi connectivity index (χ1n) is 10.3. The number of alkyl halides is 9. The monoisotopic (exact) mass is 600 g/mol. The highest BCUT2D eigenvalue weighted by Gasteiger charge is 2.39. The summed E-state index contributed by atoms with van der Waals surface area (Å²) >= 11 is 0. The van der Waals surface area contributed by atoms with E-state index in [1.165, 1.54) is 0 Å². The molecular weight excluding hydrogens is 579 g/mol. The van der Waals surface area contributed by atoms with Crippen molar-refractivity contribution in [1.82, 2.24) is 15.3 Å². The maximum Gasteiger partial charge on any atom is 0.490 e. The van der Waals surface area contributed by atoms with Gasteiger partial charge in [-0.05, 0) is 38.1 Å². The normalized spacial score (nSPS) is 14.8. The van der Waals surface area contributed by atoms with Crippen LogP contribution in [0.5, 0.6) is 0 Å². The number of H-pyrrole nitrogens is 1. The number of aromatic nitrogens is 2. The van der Waals surface area contributed by atoms with Gasteiger partial charge in [0.25, 0.3) is 5.91 Å². The average Bonchev–Trinajstić information content (AvgIpc) is 3.24. The molecule has 1 aliphatic heterocycles. The second-order valence-corrected chi connectivity index (χ2v) is 7.87. The summed E-state index contributed by atoms with van der Waals surface area (Å²) < 4.78 is 95.2. The van der Waals surface area contributed by atoms with E-state index < -0.39 is 42.3 Å². The van der Waals surface area contributed by atoms with Gasteiger partial charge in [0.1, 0.15) is 11.3 Å². The topological polar surface area (TPSA) is 196 Å². The molecule has 2 aromatic rings. The number of carbonyl (C=O) groups is 4. The number of primary amides is 1. The molecule has 1 aromatic heterocycles. The van der Waals surface area contributed by atoms with Crippen LogP contribution in [0.3, 0.4) is 0 Å². The molecule has 1 saturated heterocycles. The average molecular weight is 600 g/mol. The molecule has 7 N–H and O–H groups in total. The Morgan fingerprint density at radius 1 is 0.825 bits per heavy atom. The molecule has 0 atom stereocenters. The van der Waals surface area contributed by atoms with Gasteiger partial charge in [-0.2, -0.15) is 39.5 Å². The number of benzene rings is 1. The summed E-state index contributed by atoms with van der Waals surface area (Å²) in [6.07, 6.45) is -13.2. The van der Waals surface area contributed by atoms with Crippen molar-refractivity contribution in [2.24, 2.45) is 5.73 Å². The predicted octanol–water partition coefficient (Wildman–Crippen LogP) is 3.20. The number of nitrogens with zero attached hydrogens (tertiary/aromatic N) is 1. The van der Waals surface area contributed by atoms with Gasteiger partial charge >= 0.3 is 36.4 Å². The van der Waals surface area contributed by atoms with Crippen molar-refractivity contribution >= 4 is 34.8 Å². The first kappa shape index (κ1) is 35.9. The number of nitrogens with one attached hydrogen (secondary N) is 2. The van der Waals surface area contributed by atoms with Crippen LogP contribution in [0.15, 0.2) is 18.2 Å². The highest BCUT2D eigenvalue weighted by Crippen LogP contribution is 2.32. The Morgan fingerprint density at radius 2 is 1.20 bits per heavy atom. The first-order chi connectivity index (χ1) is 17.9. The van der Waals surface area contributed by atoms with E-state index in [0.717, 1.165) is 37.3 Å². The van der Waals surface area contributed by atoms with Gasteiger partial charge in [-0.1, -0.05) is 13.0 Å². The molecule has 40 heavy (non-hydrogen) atoms. The van der Waals surface area contributed by atoms with Crippen LogP contribution in [0.25, 0.3) is 11.0 Å². The minimum absolute atomic E-state index is 0.0409. The number of amides is 1. The van der Waals surface area contributed by atoms with Crippen molar-refractivity contribution in [2.75, 3.05) is 13.1 Å². The molecule has 0 radical (unpaired) electrons. The van der Waals surface area contributed by atoms with Crippen molar-refractivity contribution in [2.45, 2.75) is 43.7 Å². The van der Waals surface area contributed by atoms with Crippen LogP contribution in [0.1, 0.15) is 35.9 Å². The smallest absolute Gasteiger partial charge is 0.475 e. The molecule has 0 bridgehead atoms. The number of nitrogens with two attached hydrogens (primary N) is 1. The van der Waals surface area contributed by atoms with Crippen molar-refractivity contribution in [3.63, 3.8) is 0 Å². The SMILES string of the molecule is CC1(c2nc3c(C(N)=O)cccc3[nH]2)CCNCC1.O=C(O)C(F)(F)F.O=C(O)C(F)(F)F.O=C(O)C(F)(F)F. The lowest BCUT2D eigenvalue weighted by Crippen LogP contribution is -2.38. The molecule has 11 nitrogen and oxygen atoms in total. The molecule has 20 heteroatoms. The Kier molecular flexibility index (Phi) is 12.4. The maximum absolute atomic E-state index is 11.4. The number of halogens is 9. The molecule has 3 rings (SSSR count). The van der Waals surface area contributed by atoms with Gasteiger partial charge in [-0.25, -0.2) is 19.4 Å². The molecule has 226 valence electrons. The van der Waals surface area contributed by atoms with E-state index in [1.807, 2.05) is 12.1 Å². The Bertz CT molecular complexity index is 1130. The zero-order valence-electron chi connectivity index (χ0n) is 20.0. The third-order valence-electron chi connectivity index (χ3n) is 4.78. The predicted molar refractivity (Wildman–Crippen MR) is 115 cm³/mol. The standard InChI is InChI=1S/C14H18N4O.3C2HF3O2/c1-14(5-7-16-8-6-14)13-17-10-4-2-3-9(12(15)19)11(10)18-13;3*3-2(4,5)1(6)7/h2-4,16H,5-8H2,1H3,(H2,15,19)(H,17,18);3*(H,6,7). The van der Waals surface area contributed by atoms with Gasteiger partial charge < -0.3 is 31.4 Å². The zero-order chi connectivity index (χ0) is 31.7. The van der Waals surface area contributed by atoms with Gasteiger partial charge in [0.2, 0.25) is 0 Å². The van der Waals surface area contributed by atoms with E-state index in [1.54, 1.807) is 6.07 Å². The third kappa shape index (κ3) is 11.7. The minimum atomic E-state index is -5.08. The fourth-order valence-electron chi connectivity index (χ4n) is 2.73. The third-order valence-corrected chi connectivity index (χ3v) is 4.78. The van der Waals surface area contributed by atoms with Crippen molar-refractivity contribution in [3.05, 3.63) is 29.6 Å². The number of imidazole rings is 1. The van der Waals surface area contributed by atoms with Crippen LogP contribution < -0.4 is 11.1 Å². The number of carboxylic acid groups (broad SMARTS) is 3. The number of para-hydroxylation sites is 1. The van der Waals surface area contributed by atoms with Crippen LogP contribution in [0, 0.1) is 0 Å². The minimum Gasteiger partial charge on any atom is -0.475 e. The summed E-state index contributed by atoms with van der Waals surface area (Å²) in [5.74, 6) is -7.75. The van der Waals surface area contributed by atoms with E-state index in [2.05, 4.69) is 22.2 Å². The Labute approximate surface area is 217 Å². The lowest BCUT2D eigenvalue weighted by molar-refractivity contribution is -0.193. The summed E-state index contributed by atoms with van der Waals surface area (Å²) in [7, 11) is 0. The van der Waals surface area contributed by atoms with E-state index in [4.69, 9.17) is 35.4 Å². The fraction of sp³-hybridized carbons (Fsp3) is 0.450. The van der Waals surface area contributed by atoms with E-state index in [9.17, 15) is 44.3 Å². The molecular formula is C20H21F9N4O7. The van der Waals surface area contributed by atoms with Crippen LogP contribution in [-0.2, 0) is 19.8 Å². The van der Waals surface area contributed by atoms with Crippen LogP contribution in [0.4, 0.5) is 39.5 Å². The Hall–Kier alpha value is -4.10. The zero-order valence-corrected chi connectivity index (χ0v) is 20.0. The van der Waals surface area contributed by atoms with Gasteiger partial charge in [0.05, 0.1) is 11.1 Å². The number of piperidine rings is 1. The number of carboxylic acids is 3. The van der Waals surface area contributed by atoms with E-state index in [-0.39, 0.29) is 5.41 Å². The number of aliphatic carboxylic acids is 3. The molecule has 1 fully saturated rings. The highest BCUT2D eigenvalue weighted by molar-refractivity contribution is 6.04. The van der Waals surface area contributed by atoms with Crippen LogP contribution in [0.2, 0.25) is 0 Å². The largest absolute Gasteiger partial charge is 0.490 e. The lowest BCUT2D eigenvalue weighted by atomic mass is 9.80. The molecule has 0 aliphatic carbocycles. The van der Waals surface area contributed by atoms with E-state index >= 15 is 0 Å². The van der Waals surface area contributed by atoms with Crippen molar-refractivity contribution in [3.8, 4) is 0 Å². The van der Waals surface area contributed by atoms with Crippen LogP contribution in [-0.4, -0.2) is 80.7 Å². The van der Waals surface area contributed by atoms with Crippen LogP contribution >= 0.6 is 0 Å². The number of fused-ring (bicyclic) bond motifs is 1. The van der Waals surface area contributed by atoms with Crippen molar-refractivity contribution in [1.29, 1.82) is 0 Å². The summed E-state index contributed by atoms with van der Waals surface area (Å²) in [6, 6.07) is 5.48. The summed E-state index contributed by atoms with van der Waals surface area (Å²) in [5, 5.41) is 24.7. The Morgan fingerprint density at radius 3 is 1.52 bits per heavy atom. The summed E-state index contributed by atoms with van der Waals surface area (Å²) in [4.78, 5) is 46.1. The van der Waals surface area contributed by atoms with Crippen molar-refractivity contribution < 1.29 is 74.0 Å². The first-order valence-corrected chi connectivity index (χ1v) is 10.3. The number of rotatable bonds is 2. The highest BCUT2D eigenvalue weighted by atomic mass is 19.4. The quantitative estimate of drug-likeness (QED) is 0.281. The summed E-state index contributed by atoms with van der Waals surface area (Å²) in [6.45, 7) is 4.21. The van der Waals surface area contributed by atoms with Gasteiger partial charge in [-0.15, -0.1) is 0 Å². The summed E-state index contributed by atoms with van der Waals surface area (Å²) in [5.41, 5.74) is 7.49. The van der Waals surface area contributed by atoms with Gasteiger partial charge in [0.15, 0.2) is 0 Å². The van der Waals surface area contributed by atoms with Gasteiger partial charge in [0, 0.05) is 5.41 Å². The number of carbonyl (C=O) groups excluding carboxylic acids is 1. The molecule has 1 aliphatic rings. The maximum atomic E-state index is 11.4. The second kappa shape index (κ2) is 13.8.